The average molecular weight is 226 g/mol. The molecular formula is C6H6F4N4O. The molecule has 0 spiro atoms. The number of nitrogens with zero attached hydrogens (tertiary/aromatic N) is 2. The topological polar surface area (TPSA) is 73.1 Å². The van der Waals surface area contributed by atoms with Crippen LogP contribution < -0.4 is 16.0 Å². The highest BCUT2D eigenvalue weighted by molar-refractivity contribution is 5.26. The molecule has 1 rings (SSSR count). The summed E-state index contributed by atoms with van der Waals surface area (Å²) < 4.78 is 52.1. The number of nitrogens with one attached hydrogen (secondary N) is 1. The van der Waals surface area contributed by atoms with Crippen molar-refractivity contribution >= 4 is 5.95 Å². The van der Waals surface area contributed by atoms with Crippen LogP contribution in [0.15, 0.2) is 6.20 Å². The van der Waals surface area contributed by atoms with Crippen LogP contribution in [0.25, 0.3) is 0 Å². The van der Waals surface area contributed by atoms with Crippen LogP contribution in [0.3, 0.4) is 0 Å². The fourth-order valence-electron chi connectivity index (χ4n) is 0.672. The van der Waals surface area contributed by atoms with E-state index in [9.17, 15) is 17.6 Å². The number of nitrogens with two attached hydrogens (primary N) is 1. The Morgan fingerprint density at radius 3 is 2.67 bits per heavy atom. The Labute approximate surface area is 81.2 Å². The van der Waals surface area contributed by atoms with Gasteiger partial charge in [0.25, 0.3) is 5.88 Å². The Balaban J connectivity index is 2.75. The lowest BCUT2D eigenvalue weighted by molar-refractivity contribution is -0.154. The van der Waals surface area contributed by atoms with Crippen LogP contribution in [-0.4, -0.2) is 22.8 Å². The summed E-state index contributed by atoms with van der Waals surface area (Å²) in [5.74, 6) is 2.72. The van der Waals surface area contributed by atoms with Crippen LogP contribution in [0.2, 0.25) is 0 Å². The van der Waals surface area contributed by atoms with Crippen molar-refractivity contribution in [3.05, 3.63) is 12.0 Å². The van der Waals surface area contributed by atoms with Crippen LogP contribution in [0.1, 0.15) is 0 Å². The molecule has 15 heavy (non-hydrogen) atoms. The van der Waals surface area contributed by atoms with E-state index in [1.54, 1.807) is 0 Å². The fraction of sp³-hybridized carbons (Fsp3) is 0.333. The Kier molecular flexibility index (Phi) is 3.24. The first kappa shape index (κ1) is 11.4. The molecule has 0 atom stereocenters. The van der Waals surface area contributed by atoms with Gasteiger partial charge in [0.05, 0.1) is 6.20 Å². The first-order valence-corrected chi connectivity index (χ1v) is 3.61. The second kappa shape index (κ2) is 4.26. The minimum atomic E-state index is -4.56. The molecule has 0 unspecified atom stereocenters. The van der Waals surface area contributed by atoms with Gasteiger partial charge in [0.1, 0.15) is 0 Å². The van der Waals surface area contributed by atoms with Gasteiger partial charge in [0.2, 0.25) is 11.8 Å². The van der Waals surface area contributed by atoms with E-state index in [2.05, 4.69) is 14.7 Å². The number of hydrogen-bond donors (Lipinski definition) is 2. The third-order valence-corrected chi connectivity index (χ3v) is 1.21. The molecule has 84 valence electrons. The van der Waals surface area contributed by atoms with Crippen molar-refractivity contribution in [1.29, 1.82) is 0 Å². The largest absolute Gasteiger partial charge is 0.466 e. The van der Waals surface area contributed by atoms with Crippen molar-refractivity contribution in [2.75, 3.05) is 12.0 Å². The zero-order valence-corrected chi connectivity index (χ0v) is 7.18. The average Bonchev–Trinajstić information content (AvgIpc) is 2.15. The van der Waals surface area contributed by atoms with Crippen molar-refractivity contribution in [3.63, 3.8) is 0 Å². The number of alkyl halides is 3. The van der Waals surface area contributed by atoms with Crippen molar-refractivity contribution in [3.8, 4) is 5.88 Å². The molecule has 1 aromatic rings. The second-order valence-electron chi connectivity index (χ2n) is 2.39. The van der Waals surface area contributed by atoms with Gasteiger partial charge in [-0.05, 0) is 0 Å². The number of aromatic nitrogens is 2. The van der Waals surface area contributed by atoms with E-state index >= 15 is 0 Å². The van der Waals surface area contributed by atoms with E-state index in [-0.39, 0.29) is 5.95 Å². The number of hydrazine groups is 1. The quantitative estimate of drug-likeness (QED) is 0.454. The van der Waals surface area contributed by atoms with Gasteiger partial charge in [-0.25, -0.2) is 10.8 Å². The van der Waals surface area contributed by atoms with Gasteiger partial charge in [0.15, 0.2) is 6.61 Å². The lowest BCUT2D eigenvalue weighted by Crippen LogP contribution is -2.21. The second-order valence-corrected chi connectivity index (χ2v) is 2.39. The number of halogens is 4. The molecule has 0 amide bonds. The molecule has 5 nitrogen and oxygen atoms in total. The van der Waals surface area contributed by atoms with Gasteiger partial charge in [-0.3, -0.25) is 5.43 Å². The molecule has 0 aliphatic heterocycles. The molecule has 3 N–H and O–H groups in total. The maximum absolute atomic E-state index is 12.8. The van der Waals surface area contributed by atoms with Crippen molar-refractivity contribution in [2.24, 2.45) is 5.84 Å². The molecule has 0 aromatic carbocycles. The Hall–Kier alpha value is -1.64. The highest BCUT2D eigenvalue weighted by Crippen LogP contribution is 2.19. The lowest BCUT2D eigenvalue weighted by atomic mass is 10.6. The summed E-state index contributed by atoms with van der Waals surface area (Å²) in [6.07, 6.45) is -3.92. The van der Waals surface area contributed by atoms with E-state index in [0.717, 1.165) is 0 Å². The third-order valence-electron chi connectivity index (χ3n) is 1.21. The van der Waals surface area contributed by atoms with Gasteiger partial charge in [-0.1, -0.05) is 0 Å². The van der Waals surface area contributed by atoms with Gasteiger partial charge < -0.3 is 4.74 Å². The van der Waals surface area contributed by atoms with Gasteiger partial charge >= 0.3 is 6.18 Å². The van der Waals surface area contributed by atoms with Gasteiger partial charge in [0, 0.05) is 0 Å². The SMILES string of the molecule is NNc1ncc(F)c(OCC(F)(F)F)n1. The Morgan fingerprint density at radius 2 is 2.13 bits per heavy atom. The third kappa shape index (κ3) is 3.54. The minimum Gasteiger partial charge on any atom is -0.466 e. The zero-order valence-electron chi connectivity index (χ0n) is 7.18. The molecule has 0 radical (unpaired) electrons. The van der Waals surface area contributed by atoms with E-state index in [0.29, 0.717) is 6.20 Å². The first-order valence-electron chi connectivity index (χ1n) is 3.61. The number of ether oxygens (including phenoxy) is 1. The molecule has 0 fully saturated rings. The summed E-state index contributed by atoms with van der Waals surface area (Å²) in [6.45, 7) is -1.63. The summed E-state index contributed by atoms with van der Waals surface area (Å²) in [7, 11) is 0. The fourth-order valence-corrected chi connectivity index (χ4v) is 0.672. The van der Waals surface area contributed by atoms with Gasteiger partial charge in [-0.2, -0.15) is 22.5 Å². The molecule has 0 saturated heterocycles. The van der Waals surface area contributed by atoms with E-state index in [4.69, 9.17) is 5.84 Å². The zero-order chi connectivity index (χ0) is 11.5. The van der Waals surface area contributed by atoms with E-state index in [1.807, 2.05) is 5.43 Å². The molecule has 1 heterocycles. The highest BCUT2D eigenvalue weighted by atomic mass is 19.4. The number of nitrogen functional groups attached to an aromatic ring is 1. The number of hydrogen-bond acceptors (Lipinski definition) is 5. The molecule has 0 aliphatic carbocycles. The number of rotatable bonds is 3. The van der Waals surface area contributed by atoms with Crippen LogP contribution in [0.4, 0.5) is 23.5 Å². The van der Waals surface area contributed by atoms with Crippen molar-refractivity contribution < 1.29 is 22.3 Å². The standard InChI is InChI=1S/C6H6F4N4O/c7-3-1-12-5(14-11)13-4(3)15-2-6(8,9)10/h1H,2,11H2,(H,12,13,14). The molecule has 0 aliphatic rings. The maximum Gasteiger partial charge on any atom is 0.422 e. The molecule has 1 aromatic heterocycles. The maximum atomic E-state index is 12.8. The smallest absolute Gasteiger partial charge is 0.422 e. The highest BCUT2D eigenvalue weighted by Gasteiger charge is 2.29. The normalized spacial score (nSPS) is 11.3. The van der Waals surface area contributed by atoms with Crippen molar-refractivity contribution in [1.82, 2.24) is 9.97 Å². The Bertz CT molecular complexity index is 342. The van der Waals surface area contributed by atoms with Crippen LogP contribution in [0.5, 0.6) is 5.88 Å². The van der Waals surface area contributed by atoms with Crippen molar-refractivity contribution in [2.45, 2.75) is 6.18 Å². The summed E-state index contributed by atoms with van der Waals surface area (Å²) in [5, 5.41) is 0. The molecule has 9 heteroatoms. The molecular weight excluding hydrogens is 220 g/mol. The minimum absolute atomic E-state index is 0.242. The van der Waals surface area contributed by atoms with E-state index < -0.39 is 24.5 Å². The summed E-state index contributed by atoms with van der Waals surface area (Å²) >= 11 is 0. The van der Waals surface area contributed by atoms with Crippen LogP contribution >= 0.6 is 0 Å². The monoisotopic (exact) mass is 226 g/mol. The number of anilines is 1. The lowest BCUT2D eigenvalue weighted by Gasteiger charge is -2.09. The van der Waals surface area contributed by atoms with Crippen LogP contribution in [0, 0.1) is 5.82 Å². The predicted octanol–water partition coefficient (Wildman–Crippen LogP) is 0.842. The Morgan fingerprint density at radius 1 is 1.47 bits per heavy atom. The summed E-state index contributed by atoms with van der Waals surface area (Å²) in [6, 6.07) is 0. The summed E-state index contributed by atoms with van der Waals surface area (Å²) in [4.78, 5) is 6.57. The first-order chi connectivity index (χ1) is 6.92. The van der Waals surface area contributed by atoms with E-state index in [1.165, 1.54) is 0 Å². The predicted molar refractivity (Wildman–Crippen MR) is 41.4 cm³/mol. The van der Waals surface area contributed by atoms with Crippen LogP contribution in [-0.2, 0) is 0 Å². The van der Waals surface area contributed by atoms with Gasteiger partial charge in [-0.15, -0.1) is 0 Å². The summed E-state index contributed by atoms with van der Waals surface area (Å²) in [5.41, 5.74) is 1.94. The molecule has 0 saturated carbocycles. The molecule has 0 bridgehead atoms.